The fourth-order valence-electron chi connectivity index (χ4n) is 2.59. The van der Waals surface area contributed by atoms with Crippen LogP contribution in [0.2, 0.25) is 0 Å². The van der Waals surface area contributed by atoms with E-state index in [0.717, 1.165) is 22.2 Å². The summed E-state index contributed by atoms with van der Waals surface area (Å²) in [5.41, 5.74) is 1.89. The molecule has 0 aliphatic heterocycles. The number of urea groups is 1. The van der Waals surface area contributed by atoms with Gasteiger partial charge in [-0.15, -0.1) is 0 Å². The molecule has 0 aliphatic rings. The number of fused-ring (bicyclic) bond motifs is 1. The second kappa shape index (κ2) is 8.15. The highest BCUT2D eigenvalue weighted by molar-refractivity contribution is 5.84. The maximum Gasteiger partial charge on any atom is 0.315 e. The van der Waals surface area contributed by atoms with E-state index in [4.69, 9.17) is 4.74 Å². The molecule has 128 valence electrons. The van der Waals surface area contributed by atoms with Crippen LogP contribution in [0.1, 0.15) is 18.5 Å². The van der Waals surface area contributed by atoms with Gasteiger partial charge in [0, 0.05) is 11.6 Å². The van der Waals surface area contributed by atoms with Crippen molar-refractivity contribution in [3.8, 4) is 5.75 Å². The third-order valence-electron chi connectivity index (χ3n) is 3.89. The van der Waals surface area contributed by atoms with E-state index < -0.39 is 0 Å². The minimum atomic E-state index is -0.212. The quantitative estimate of drug-likeness (QED) is 0.676. The molecule has 1 unspecified atom stereocenters. The highest BCUT2D eigenvalue weighted by atomic mass is 16.5. The van der Waals surface area contributed by atoms with Crippen molar-refractivity contribution >= 4 is 16.9 Å². The van der Waals surface area contributed by atoms with Gasteiger partial charge in [-0.05, 0) is 24.6 Å². The second-order valence-corrected chi connectivity index (χ2v) is 5.71. The third-order valence-corrected chi connectivity index (χ3v) is 3.89. The third kappa shape index (κ3) is 4.47. The summed E-state index contributed by atoms with van der Waals surface area (Å²) in [4.78, 5) is 16.3. The molecule has 1 aromatic heterocycles. The fraction of sp³-hybridized carbons (Fsp3) is 0.200. The Balaban J connectivity index is 1.46. The minimum Gasteiger partial charge on any atom is -0.489 e. The molecule has 0 aliphatic carbocycles. The summed E-state index contributed by atoms with van der Waals surface area (Å²) < 4.78 is 5.75. The predicted octanol–water partition coefficient (Wildman–Crippen LogP) is 3.67. The summed E-state index contributed by atoms with van der Waals surface area (Å²) in [6, 6.07) is 19.3. The van der Waals surface area contributed by atoms with Gasteiger partial charge >= 0.3 is 6.03 Å². The molecule has 2 amide bonds. The number of amides is 2. The molecule has 3 rings (SSSR count). The molecule has 25 heavy (non-hydrogen) atoms. The Labute approximate surface area is 147 Å². The van der Waals surface area contributed by atoms with Crippen LogP contribution in [0.4, 0.5) is 4.79 Å². The lowest BCUT2D eigenvalue weighted by Gasteiger charge is -2.15. The van der Waals surface area contributed by atoms with Crippen LogP contribution in [-0.4, -0.2) is 24.2 Å². The summed E-state index contributed by atoms with van der Waals surface area (Å²) in [5.74, 6) is 0.720. The molecular weight excluding hydrogens is 314 g/mol. The van der Waals surface area contributed by atoms with Gasteiger partial charge < -0.3 is 15.4 Å². The molecular formula is C20H21N3O2. The van der Waals surface area contributed by atoms with E-state index in [0.29, 0.717) is 13.2 Å². The number of carbonyl (C=O) groups excluding carboxylic acids is 1. The van der Waals surface area contributed by atoms with E-state index in [1.807, 2.05) is 67.6 Å². The number of carbonyl (C=O) groups is 1. The van der Waals surface area contributed by atoms with Crippen molar-refractivity contribution < 1.29 is 9.53 Å². The number of hydrogen-bond acceptors (Lipinski definition) is 3. The highest BCUT2D eigenvalue weighted by Gasteiger charge is 2.08. The Bertz CT molecular complexity index is 831. The van der Waals surface area contributed by atoms with Crippen LogP contribution in [-0.2, 0) is 0 Å². The van der Waals surface area contributed by atoms with Gasteiger partial charge in [0.2, 0.25) is 0 Å². The van der Waals surface area contributed by atoms with E-state index >= 15 is 0 Å². The molecule has 0 fully saturated rings. The van der Waals surface area contributed by atoms with Crippen LogP contribution in [0.15, 0.2) is 66.9 Å². The largest absolute Gasteiger partial charge is 0.489 e. The first-order valence-electron chi connectivity index (χ1n) is 8.30. The molecule has 2 aromatic carbocycles. The normalized spacial score (nSPS) is 11.7. The second-order valence-electron chi connectivity index (χ2n) is 5.71. The zero-order valence-electron chi connectivity index (χ0n) is 14.1. The number of hydrogen-bond donors (Lipinski definition) is 2. The number of benzene rings is 2. The molecule has 0 bridgehead atoms. The first-order valence-corrected chi connectivity index (χ1v) is 8.30. The summed E-state index contributed by atoms with van der Waals surface area (Å²) in [5, 5.41) is 6.74. The molecule has 1 atom stereocenters. The van der Waals surface area contributed by atoms with Gasteiger partial charge in [-0.25, -0.2) is 4.79 Å². The lowest BCUT2D eigenvalue weighted by Crippen LogP contribution is -2.38. The zero-order chi connectivity index (χ0) is 17.5. The number of para-hydroxylation sites is 1. The number of aromatic nitrogens is 1. The van der Waals surface area contributed by atoms with Gasteiger partial charge in [0.25, 0.3) is 0 Å². The van der Waals surface area contributed by atoms with Crippen molar-refractivity contribution in [2.75, 3.05) is 13.2 Å². The van der Waals surface area contributed by atoms with Crippen molar-refractivity contribution in [1.82, 2.24) is 15.6 Å². The van der Waals surface area contributed by atoms with Gasteiger partial charge in [0.15, 0.2) is 0 Å². The average Bonchev–Trinajstić information content (AvgIpc) is 2.66. The summed E-state index contributed by atoms with van der Waals surface area (Å²) in [6.07, 6.45) is 1.74. The highest BCUT2D eigenvalue weighted by Crippen LogP contribution is 2.22. The Morgan fingerprint density at radius 3 is 2.72 bits per heavy atom. The first-order chi connectivity index (χ1) is 12.2. The lowest BCUT2D eigenvalue weighted by atomic mass is 10.1. The van der Waals surface area contributed by atoms with Crippen LogP contribution in [0, 0.1) is 0 Å². The molecule has 0 saturated heterocycles. The monoisotopic (exact) mass is 335 g/mol. The van der Waals surface area contributed by atoms with Crippen molar-refractivity contribution in [2.45, 2.75) is 13.0 Å². The van der Waals surface area contributed by atoms with E-state index in [9.17, 15) is 4.79 Å². The topological polar surface area (TPSA) is 63.2 Å². The van der Waals surface area contributed by atoms with Crippen LogP contribution in [0.5, 0.6) is 5.75 Å². The maximum absolute atomic E-state index is 12.0. The number of rotatable bonds is 6. The molecule has 2 N–H and O–H groups in total. The van der Waals surface area contributed by atoms with Gasteiger partial charge in [-0.2, -0.15) is 0 Å². The van der Waals surface area contributed by atoms with Crippen LogP contribution in [0.3, 0.4) is 0 Å². The summed E-state index contributed by atoms with van der Waals surface area (Å²) in [6.45, 7) is 2.74. The van der Waals surface area contributed by atoms with E-state index in [1.54, 1.807) is 6.20 Å². The number of pyridine rings is 1. The first kappa shape index (κ1) is 16.8. The number of nitrogens with one attached hydrogen (secondary N) is 2. The SMILES string of the molecule is CC(NC(=O)NCCOc1cccc2cccnc12)c1ccccc1. The predicted molar refractivity (Wildman–Crippen MR) is 98.6 cm³/mol. The smallest absolute Gasteiger partial charge is 0.315 e. The maximum atomic E-state index is 12.0. The van der Waals surface area contributed by atoms with Crippen LogP contribution < -0.4 is 15.4 Å². The van der Waals surface area contributed by atoms with Crippen LogP contribution in [0.25, 0.3) is 10.9 Å². The minimum absolute atomic E-state index is 0.0515. The molecule has 5 nitrogen and oxygen atoms in total. The Hall–Kier alpha value is -3.08. The Morgan fingerprint density at radius 2 is 1.88 bits per heavy atom. The van der Waals surface area contributed by atoms with Crippen molar-refractivity contribution in [1.29, 1.82) is 0 Å². The van der Waals surface area contributed by atoms with E-state index in [2.05, 4.69) is 15.6 Å². The molecule has 0 radical (unpaired) electrons. The van der Waals surface area contributed by atoms with E-state index in [-0.39, 0.29) is 12.1 Å². The van der Waals surface area contributed by atoms with Gasteiger partial charge in [-0.1, -0.05) is 48.5 Å². The molecule has 1 heterocycles. The molecule has 5 heteroatoms. The van der Waals surface area contributed by atoms with E-state index in [1.165, 1.54) is 0 Å². The lowest BCUT2D eigenvalue weighted by molar-refractivity contribution is 0.233. The average molecular weight is 335 g/mol. The van der Waals surface area contributed by atoms with Gasteiger partial charge in [0.1, 0.15) is 17.9 Å². The van der Waals surface area contributed by atoms with Crippen molar-refractivity contribution in [2.24, 2.45) is 0 Å². The van der Waals surface area contributed by atoms with Crippen molar-refractivity contribution in [3.63, 3.8) is 0 Å². The summed E-state index contributed by atoms with van der Waals surface area (Å²) >= 11 is 0. The standard InChI is InChI=1S/C20H21N3O2/c1-15(16-7-3-2-4-8-16)23-20(24)22-13-14-25-18-11-5-9-17-10-6-12-21-19(17)18/h2-12,15H,13-14H2,1H3,(H2,22,23,24). The molecule has 0 saturated carbocycles. The van der Waals surface area contributed by atoms with Gasteiger partial charge in [0.05, 0.1) is 12.6 Å². The Morgan fingerprint density at radius 1 is 1.08 bits per heavy atom. The Kier molecular flexibility index (Phi) is 5.46. The molecule has 0 spiro atoms. The number of nitrogens with zero attached hydrogens (tertiary/aromatic N) is 1. The van der Waals surface area contributed by atoms with Crippen molar-refractivity contribution in [3.05, 3.63) is 72.4 Å². The zero-order valence-corrected chi connectivity index (χ0v) is 14.1. The number of ether oxygens (including phenoxy) is 1. The van der Waals surface area contributed by atoms with Gasteiger partial charge in [-0.3, -0.25) is 4.98 Å². The molecule has 3 aromatic rings. The summed E-state index contributed by atoms with van der Waals surface area (Å²) in [7, 11) is 0. The fourth-order valence-corrected chi connectivity index (χ4v) is 2.59. The van der Waals surface area contributed by atoms with Crippen LogP contribution >= 0.6 is 0 Å².